The van der Waals surface area contributed by atoms with Crippen molar-refractivity contribution in [1.82, 2.24) is 4.90 Å². The van der Waals surface area contributed by atoms with E-state index in [1.54, 1.807) is 4.68 Å². The number of hydrogen-bond acceptors (Lipinski definition) is 7. The summed E-state index contributed by atoms with van der Waals surface area (Å²) >= 11 is 0. The average Bonchev–Trinajstić information content (AvgIpc) is 2.76. The summed E-state index contributed by atoms with van der Waals surface area (Å²) in [7, 11) is 1.84. The largest absolute Gasteiger partial charge is 0.438 e. The Morgan fingerprint density at radius 3 is 2.64 bits per heavy atom. The number of aliphatic imine (C=N–C) groups is 2. The Hall–Kier alpha value is -1.96. The maximum Gasteiger partial charge on any atom is 0.400 e. The van der Waals surface area contributed by atoms with Crippen LogP contribution >= 0.6 is 0 Å². The van der Waals surface area contributed by atoms with Gasteiger partial charge in [0, 0.05) is 18.2 Å². The maximum absolute atomic E-state index is 6.09. The van der Waals surface area contributed by atoms with Crippen LogP contribution in [0.1, 0.15) is 20.8 Å². The predicted octanol–water partition coefficient (Wildman–Crippen LogP) is -0.360. The summed E-state index contributed by atoms with van der Waals surface area (Å²) in [5.41, 5.74) is 6.41. The van der Waals surface area contributed by atoms with Crippen LogP contribution in [0.25, 0.3) is 0 Å². The van der Waals surface area contributed by atoms with Gasteiger partial charge in [-0.05, 0) is 20.8 Å². The molecule has 1 fully saturated rings. The molecule has 0 spiro atoms. The molecular formula is C14H23N6O2+. The van der Waals surface area contributed by atoms with Gasteiger partial charge in [0.05, 0.1) is 13.2 Å². The molecule has 0 aliphatic carbocycles. The fourth-order valence-corrected chi connectivity index (χ4v) is 2.53. The van der Waals surface area contributed by atoms with E-state index in [1.807, 2.05) is 27.8 Å². The molecule has 8 heteroatoms. The van der Waals surface area contributed by atoms with E-state index in [2.05, 4.69) is 15.0 Å². The first-order valence-corrected chi connectivity index (χ1v) is 7.48. The third-order valence-electron chi connectivity index (χ3n) is 3.50. The Morgan fingerprint density at radius 2 is 2.00 bits per heavy atom. The van der Waals surface area contributed by atoms with Crippen molar-refractivity contribution in [2.45, 2.75) is 32.4 Å². The molecule has 2 N–H and O–H groups in total. The number of hydrogen-bond donors (Lipinski definition) is 1. The molecule has 0 aromatic carbocycles. The van der Waals surface area contributed by atoms with E-state index in [-0.39, 0.29) is 11.6 Å². The lowest BCUT2D eigenvalue weighted by atomic mass is 10.1. The fourth-order valence-electron chi connectivity index (χ4n) is 2.53. The summed E-state index contributed by atoms with van der Waals surface area (Å²) in [6.07, 6.45) is 0. The third-order valence-corrected chi connectivity index (χ3v) is 3.50. The summed E-state index contributed by atoms with van der Waals surface area (Å²) in [5, 5.41) is 4.42. The van der Waals surface area contributed by atoms with Gasteiger partial charge in [0.25, 0.3) is 0 Å². The Kier molecular flexibility index (Phi) is 3.64. The van der Waals surface area contributed by atoms with Crippen molar-refractivity contribution in [2.24, 2.45) is 20.8 Å². The van der Waals surface area contributed by atoms with Gasteiger partial charge in [0.1, 0.15) is 5.60 Å². The van der Waals surface area contributed by atoms with E-state index in [4.69, 9.17) is 20.2 Å². The van der Waals surface area contributed by atoms with E-state index < -0.39 is 0 Å². The fraction of sp³-hybridized carbons (Fsp3) is 0.714. The molecule has 3 aliphatic heterocycles. The van der Waals surface area contributed by atoms with Gasteiger partial charge in [-0.3, -0.25) is 0 Å². The zero-order valence-electron chi connectivity index (χ0n) is 13.5. The van der Waals surface area contributed by atoms with Crippen LogP contribution in [-0.2, 0) is 9.47 Å². The molecule has 1 atom stereocenters. The maximum atomic E-state index is 6.09. The van der Waals surface area contributed by atoms with Crippen molar-refractivity contribution in [3.05, 3.63) is 0 Å². The number of amidine groups is 1. The molecule has 0 saturated carbocycles. The molecule has 8 nitrogen and oxygen atoms in total. The number of guanidine groups is 1. The van der Waals surface area contributed by atoms with Gasteiger partial charge in [-0.2, -0.15) is 4.99 Å². The van der Waals surface area contributed by atoms with E-state index >= 15 is 0 Å². The SMILES string of the molecule is C[N+]1=C(OC(C)(C)C)C2N=C(N3CCOCC3)N=C(N)C2=N1. The molecule has 1 unspecified atom stereocenters. The minimum atomic E-state index is -0.327. The van der Waals surface area contributed by atoms with Crippen LogP contribution in [-0.4, -0.2) is 78.0 Å². The molecule has 0 bridgehead atoms. The van der Waals surface area contributed by atoms with Gasteiger partial charge >= 0.3 is 5.90 Å². The highest BCUT2D eigenvalue weighted by Gasteiger charge is 2.45. The van der Waals surface area contributed by atoms with Crippen molar-refractivity contribution in [2.75, 3.05) is 33.4 Å². The van der Waals surface area contributed by atoms with Crippen molar-refractivity contribution >= 4 is 23.4 Å². The number of nitrogens with two attached hydrogens (primary N) is 1. The first-order valence-electron chi connectivity index (χ1n) is 7.48. The van der Waals surface area contributed by atoms with Crippen LogP contribution < -0.4 is 5.73 Å². The summed E-state index contributed by atoms with van der Waals surface area (Å²) < 4.78 is 13.1. The van der Waals surface area contributed by atoms with Crippen LogP contribution in [0.3, 0.4) is 0 Å². The Labute approximate surface area is 130 Å². The number of rotatable bonds is 0. The highest BCUT2D eigenvalue weighted by molar-refractivity contribution is 6.49. The standard InChI is InChI=1S/C14H23N6O2/c1-14(2,3)22-12-10-9(18-19(12)4)11(15)17-13(16-10)20-5-7-21-8-6-20/h10H,5-8H2,1-4H3,(H2,15,16,17)/q+1. The average molecular weight is 307 g/mol. The number of ether oxygens (including phenoxy) is 2. The van der Waals surface area contributed by atoms with E-state index in [0.717, 1.165) is 13.1 Å². The van der Waals surface area contributed by atoms with E-state index in [1.165, 1.54) is 0 Å². The van der Waals surface area contributed by atoms with Crippen molar-refractivity contribution in [3.8, 4) is 0 Å². The Balaban J connectivity index is 1.89. The summed E-state index contributed by atoms with van der Waals surface area (Å²) in [6.45, 7) is 8.88. The quantitative estimate of drug-likeness (QED) is 0.619. The molecule has 3 rings (SSSR count). The summed E-state index contributed by atoms with van der Waals surface area (Å²) in [5.74, 6) is 1.72. The first kappa shape index (κ1) is 15.0. The smallest absolute Gasteiger partial charge is 0.400 e. The summed E-state index contributed by atoms with van der Waals surface area (Å²) in [6, 6.07) is -0.320. The number of morpholine rings is 1. The molecule has 0 radical (unpaired) electrons. The molecule has 0 aromatic rings. The molecular weight excluding hydrogens is 284 g/mol. The minimum absolute atomic E-state index is 0.320. The molecule has 0 amide bonds. The number of hydrazone groups is 1. The second-order valence-corrected chi connectivity index (χ2v) is 6.49. The van der Waals surface area contributed by atoms with E-state index in [0.29, 0.717) is 36.6 Å². The van der Waals surface area contributed by atoms with Crippen LogP contribution in [0.4, 0.5) is 0 Å². The van der Waals surface area contributed by atoms with Gasteiger partial charge < -0.3 is 20.1 Å². The van der Waals surface area contributed by atoms with Crippen molar-refractivity contribution < 1.29 is 14.2 Å². The van der Waals surface area contributed by atoms with Gasteiger partial charge in [-0.1, -0.05) is 4.68 Å². The minimum Gasteiger partial charge on any atom is -0.438 e. The van der Waals surface area contributed by atoms with Crippen LogP contribution in [0.15, 0.2) is 15.1 Å². The summed E-state index contributed by atoms with van der Waals surface area (Å²) in [4.78, 5) is 11.2. The van der Waals surface area contributed by atoms with Crippen LogP contribution in [0, 0.1) is 0 Å². The normalized spacial score (nSPS) is 25.5. The Bertz CT molecular complexity index is 593. The predicted molar refractivity (Wildman–Crippen MR) is 84.7 cm³/mol. The van der Waals surface area contributed by atoms with E-state index in [9.17, 15) is 0 Å². The lowest BCUT2D eigenvalue weighted by Crippen LogP contribution is -2.48. The van der Waals surface area contributed by atoms with Gasteiger partial charge in [0.15, 0.2) is 18.6 Å². The second kappa shape index (κ2) is 5.35. The van der Waals surface area contributed by atoms with Crippen molar-refractivity contribution in [3.63, 3.8) is 0 Å². The molecule has 3 heterocycles. The first-order chi connectivity index (χ1) is 10.3. The monoisotopic (exact) mass is 307 g/mol. The van der Waals surface area contributed by atoms with Crippen molar-refractivity contribution in [1.29, 1.82) is 0 Å². The highest BCUT2D eigenvalue weighted by Crippen LogP contribution is 2.19. The molecule has 3 aliphatic rings. The third kappa shape index (κ3) is 2.83. The van der Waals surface area contributed by atoms with Crippen LogP contribution in [0.2, 0.25) is 0 Å². The highest BCUT2D eigenvalue weighted by atomic mass is 16.5. The van der Waals surface area contributed by atoms with Gasteiger partial charge in [0.2, 0.25) is 12.0 Å². The zero-order chi connectivity index (χ0) is 15.9. The molecule has 22 heavy (non-hydrogen) atoms. The van der Waals surface area contributed by atoms with Crippen LogP contribution in [0.5, 0.6) is 0 Å². The molecule has 120 valence electrons. The number of fused-ring (bicyclic) bond motifs is 1. The zero-order valence-corrected chi connectivity index (χ0v) is 13.5. The number of nitrogens with zero attached hydrogens (tertiary/aromatic N) is 5. The topological polar surface area (TPSA) is 87.8 Å². The second-order valence-electron chi connectivity index (χ2n) is 6.49. The molecule has 1 saturated heterocycles. The Morgan fingerprint density at radius 1 is 1.32 bits per heavy atom. The van der Waals surface area contributed by atoms with Gasteiger partial charge in [-0.15, -0.1) is 0 Å². The lowest BCUT2D eigenvalue weighted by molar-refractivity contribution is -0.509. The van der Waals surface area contributed by atoms with Gasteiger partial charge in [-0.25, -0.2) is 4.99 Å². The lowest BCUT2D eigenvalue weighted by Gasteiger charge is -2.29. The molecule has 0 aromatic heterocycles.